The van der Waals surface area contributed by atoms with E-state index in [4.69, 9.17) is 18.5 Å². The van der Waals surface area contributed by atoms with Gasteiger partial charge in [-0.15, -0.1) is 0 Å². The van der Waals surface area contributed by atoms with Gasteiger partial charge in [-0.25, -0.2) is 4.57 Å². The minimum Gasteiger partial charge on any atom is -0.462 e. The fraction of sp³-hybridized carbons (Fsp3) is 0.822. The van der Waals surface area contributed by atoms with E-state index in [1.807, 2.05) is 0 Å². The van der Waals surface area contributed by atoms with Gasteiger partial charge in [0.05, 0.1) is 13.2 Å². The van der Waals surface area contributed by atoms with Crippen molar-refractivity contribution >= 4 is 19.8 Å². The van der Waals surface area contributed by atoms with Crippen LogP contribution >= 0.6 is 7.82 Å². The first-order valence-corrected chi connectivity index (χ1v) is 23.8. The van der Waals surface area contributed by atoms with E-state index in [-0.39, 0.29) is 25.6 Å². The summed E-state index contributed by atoms with van der Waals surface area (Å²) in [5.41, 5.74) is 0. The molecule has 2 atom stereocenters. The minimum atomic E-state index is -4.28. The zero-order chi connectivity index (χ0) is 39.6. The predicted octanol–water partition coefficient (Wildman–Crippen LogP) is 14.0. The number of unbranched alkanes of at least 4 members (excludes halogenated alkanes) is 23. The van der Waals surface area contributed by atoms with Crippen molar-refractivity contribution in [3.8, 4) is 0 Å². The van der Waals surface area contributed by atoms with Crippen molar-refractivity contribution in [1.82, 2.24) is 0 Å². The van der Waals surface area contributed by atoms with Crippen molar-refractivity contribution in [1.29, 1.82) is 0 Å². The quantitative estimate of drug-likeness (QED) is 0.0283. The summed E-state index contributed by atoms with van der Waals surface area (Å²) in [7, 11) is -4.28. The van der Waals surface area contributed by atoms with E-state index < -0.39 is 26.5 Å². The van der Waals surface area contributed by atoms with Gasteiger partial charge in [0.2, 0.25) is 0 Å². The smallest absolute Gasteiger partial charge is 0.462 e. The lowest BCUT2D eigenvalue weighted by Gasteiger charge is -2.19. The van der Waals surface area contributed by atoms with Gasteiger partial charge in [-0.1, -0.05) is 179 Å². The number of ether oxygens (including phenoxy) is 2. The third-order valence-electron chi connectivity index (χ3n) is 9.45. The summed E-state index contributed by atoms with van der Waals surface area (Å²) in [4.78, 5) is 34.8. The molecule has 0 aliphatic heterocycles. The average Bonchev–Trinajstić information content (AvgIpc) is 3.15. The highest BCUT2D eigenvalue weighted by molar-refractivity contribution is 7.47. The van der Waals surface area contributed by atoms with E-state index in [0.717, 1.165) is 57.8 Å². The molecular weight excluding hydrogens is 699 g/mol. The van der Waals surface area contributed by atoms with E-state index in [0.29, 0.717) is 12.8 Å². The van der Waals surface area contributed by atoms with Crippen LogP contribution in [-0.4, -0.2) is 42.8 Å². The van der Waals surface area contributed by atoms with Crippen molar-refractivity contribution < 1.29 is 37.6 Å². The van der Waals surface area contributed by atoms with Gasteiger partial charge in [0, 0.05) is 12.8 Å². The molecule has 54 heavy (non-hydrogen) atoms. The molecule has 9 heteroatoms. The monoisotopic (exact) mass is 783 g/mol. The minimum absolute atomic E-state index is 0.00164. The Morgan fingerprint density at radius 2 is 0.889 bits per heavy atom. The van der Waals surface area contributed by atoms with Crippen LogP contribution in [0, 0.1) is 0 Å². The number of allylic oxidation sites excluding steroid dienone is 6. The lowest BCUT2D eigenvalue weighted by Crippen LogP contribution is -2.29. The molecule has 0 fully saturated rings. The molecule has 0 spiro atoms. The van der Waals surface area contributed by atoms with E-state index in [9.17, 15) is 19.0 Å². The second-order valence-corrected chi connectivity index (χ2v) is 16.2. The molecule has 0 aromatic rings. The zero-order valence-corrected chi connectivity index (χ0v) is 36.0. The molecule has 0 rings (SSSR count). The molecule has 0 bridgehead atoms. The van der Waals surface area contributed by atoms with Crippen LogP contribution in [0.1, 0.15) is 213 Å². The van der Waals surface area contributed by atoms with E-state index >= 15 is 0 Å². The summed E-state index contributed by atoms with van der Waals surface area (Å²) in [6.07, 6.45) is 46.2. The maximum atomic E-state index is 12.6. The van der Waals surface area contributed by atoms with Gasteiger partial charge in [0.15, 0.2) is 6.10 Å². The van der Waals surface area contributed by atoms with Gasteiger partial charge < -0.3 is 14.4 Å². The highest BCUT2D eigenvalue weighted by atomic mass is 31.2. The third-order valence-corrected chi connectivity index (χ3v) is 10.5. The summed E-state index contributed by atoms with van der Waals surface area (Å²) < 4.78 is 32.7. The summed E-state index contributed by atoms with van der Waals surface area (Å²) in [5, 5.41) is 0. The molecule has 0 aromatic heterocycles. The first-order valence-electron chi connectivity index (χ1n) is 22.3. The van der Waals surface area contributed by atoms with Gasteiger partial charge in [-0.05, 0) is 58.3 Å². The molecule has 8 nitrogen and oxygen atoms in total. The van der Waals surface area contributed by atoms with Crippen LogP contribution in [0.5, 0.6) is 0 Å². The summed E-state index contributed by atoms with van der Waals surface area (Å²) in [6, 6.07) is 0. The van der Waals surface area contributed by atoms with Crippen LogP contribution in [0.4, 0.5) is 0 Å². The molecule has 2 unspecified atom stereocenters. The largest absolute Gasteiger partial charge is 0.472 e. The topological polar surface area (TPSA) is 108 Å². The maximum Gasteiger partial charge on any atom is 0.472 e. The lowest BCUT2D eigenvalue weighted by molar-refractivity contribution is -0.161. The highest BCUT2D eigenvalue weighted by Crippen LogP contribution is 2.43. The number of phosphoric acid groups is 1. The number of hydrogen-bond acceptors (Lipinski definition) is 7. The molecule has 316 valence electrons. The van der Waals surface area contributed by atoms with E-state index in [1.54, 1.807) is 6.92 Å². The summed E-state index contributed by atoms with van der Waals surface area (Å²) in [6.45, 7) is 5.45. The van der Waals surface area contributed by atoms with Crippen LogP contribution < -0.4 is 0 Å². The van der Waals surface area contributed by atoms with Crippen LogP contribution in [-0.2, 0) is 32.7 Å². The Kier molecular flexibility index (Phi) is 39.6. The Morgan fingerprint density at radius 3 is 1.37 bits per heavy atom. The molecule has 0 heterocycles. The number of rotatable bonds is 41. The number of carbonyl (C=O) groups excluding carboxylic acids is 2. The summed E-state index contributed by atoms with van der Waals surface area (Å²) in [5.74, 6) is -0.806. The Morgan fingerprint density at radius 1 is 0.500 bits per heavy atom. The molecule has 0 saturated carbocycles. The Balaban J connectivity index is 4.08. The first-order chi connectivity index (χ1) is 26.3. The van der Waals surface area contributed by atoms with Crippen molar-refractivity contribution in [2.45, 2.75) is 219 Å². The summed E-state index contributed by atoms with van der Waals surface area (Å²) >= 11 is 0. The second-order valence-electron chi connectivity index (χ2n) is 14.7. The predicted molar refractivity (Wildman–Crippen MR) is 226 cm³/mol. The number of esters is 2. The normalized spacial score (nSPS) is 13.6. The van der Waals surface area contributed by atoms with E-state index in [1.165, 1.54) is 116 Å². The van der Waals surface area contributed by atoms with E-state index in [2.05, 4.69) is 50.3 Å². The lowest BCUT2D eigenvalue weighted by atomic mass is 10.0. The molecule has 0 radical (unpaired) electrons. The fourth-order valence-electron chi connectivity index (χ4n) is 6.17. The zero-order valence-electron chi connectivity index (χ0n) is 35.1. The molecule has 0 amide bonds. The van der Waals surface area contributed by atoms with Crippen molar-refractivity contribution in [2.75, 3.05) is 19.8 Å². The number of hydrogen-bond donors (Lipinski definition) is 1. The maximum absolute atomic E-state index is 12.6. The van der Waals surface area contributed by atoms with Gasteiger partial charge >= 0.3 is 19.8 Å². The van der Waals surface area contributed by atoms with Crippen LogP contribution in [0.15, 0.2) is 36.5 Å². The standard InChI is InChI=1S/C45H83O8P/c1-4-7-9-11-13-15-17-19-21-22-23-24-26-28-30-32-34-36-38-40-45(47)53-43(42-52-54(48,49)51-6-3)41-50-44(46)39-37-35-33-31-29-27-25-20-18-16-14-12-10-8-5-2/h13,15,19,21,23-24,43H,4-12,14,16-18,20,22,25-42H2,1-3H3,(H,48,49)/b15-13-,21-19-,24-23-. The molecule has 0 aromatic carbocycles. The van der Waals surface area contributed by atoms with Crippen molar-refractivity contribution in [3.05, 3.63) is 36.5 Å². The van der Waals surface area contributed by atoms with Gasteiger partial charge in [0.25, 0.3) is 0 Å². The molecule has 0 aliphatic rings. The molecular formula is C45H83O8P. The molecule has 0 saturated heterocycles. The number of carbonyl (C=O) groups is 2. The third kappa shape index (κ3) is 39.9. The Bertz CT molecular complexity index is 979. The van der Waals surface area contributed by atoms with Crippen LogP contribution in [0.3, 0.4) is 0 Å². The first kappa shape index (κ1) is 52.3. The van der Waals surface area contributed by atoms with Crippen molar-refractivity contribution in [2.24, 2.45) is 0 Å². The highest BCUT2D eigenvalue weighted by Gasteiger charge is 2.25. The SMILES string of the molecule is CCCCC/C=C\C/C=C\C/C=C\CCCCCCCCC(=O)OC(COC(=O)CCCCCCCCCCCCCCCCC)COP(=O)(O)OCC. The van der Waals surface area contributed by atoms with Gasteiger partial charge in [-0.3, -0.25) is 18.6 Å². The Hall–Kier alpha value is -1.73. The van der Waals surface area contributed by atoms with Crippen LogP contribution in [0.25, 0.3) is 0 Å². The van der Waals surface area contributed by atoms with Gasteiger partial charge in [0.1, 0.15) is 6.61 Å². The number of phosphoric ester groups is 1. The Labute approximate surface area is 332 Å². The van der Waals surface area contributed by atoms with Gasteiger partial charge in [-0.2, -0.15) is 0 Å². The average molecular weight is 783 g/mol. The van der Waals surface area contributed by atoms with Crippen LogP contribution in [0.2, 0.25) is 0 Å². The fourth-order valence-corrected chi connectivity index (χ4v) is 6.92. The van der Waals surface area contributed by atoms with Crippen molar-refractivity contribution in [3.63, 3.8) is 0 Å². The molecule has 1 N–H and O–H groups in total. The molecule has 0 aliphatic carbocycles. The second kappa shape index (κ2) is 40.9.